The van der Waals surface area contributed by atoms with Crippen LogP contribution in [0.5, 0.6) is 0 Å². The molecule has 2 aromatic rings. The molecule has 0 fully saturated rings. The summed E-state index contributed by atoms with van der Waals surface area (Å²) in [6.45, 7) is 1.32. The molecule has 19 heavy (non-hydrogen) atoms. The van der Waals surface area contributed by atoms with Gasteiger partial charge in [-0.2, -0.15) is 26.3 Å². The number of hydrogen-bond acceptors (Lipinski definition) is 1. The molecule has 0 saturated heterocycles. The predicted molar refractivity (Wildman–Crippen MR) is 56.5 cm³/mol. The fraction of sp³-hybridized carbons (Fsp3) is 0.250. The van der Waals surface area contributed by atoms with Gasteiger partial charge in [-0.1, -0.05) is 12.1 Å². The van der Waals surface area contributed by atoms with E-state index in [0.29, 0.717) is 0 Å². The minimum Gasteiger partial charge on any atom is -0.243 e. The van der Waals surface area contributed by atoms with E-state index < -0.39 is 29.1 Å². The maximum atomic E-state index is 12.8. The largest absolute Gasteiger partial charge is 0.433 e. The number of pyridine rings is 1. The van der Waals surface area contributed by atoms with Gasteiger partial charge in [0, 0.05) is 5.39 Å². The molecular formula is C12H7F6N. The Morgan fingerprint density at radius 1 is 0.947 bits per heavy atom. The standard InChI is InChI=1S/C12H7F6N/c1-6-5-9(12(16,17)18)19-10-7(6)3-2-4-8(10)11(13,14)15/h2-5H,1H3. The van der Waals surface area contributed by atoms with Crippen molar-refractivity contribution >= 4 is 10.9 Å². The summed E-state index contributed by atoms with van der Waals surface area (Å²) in [5, 5.41) is 0.0582. The normalized spacial score (nSPS) is 13.0. The van der Waals surface area contributed by atoms with Crippen molar-refractivity contribution in [3.8, 4) is 0 Å². The monoisotopic (exact) mass is 279 g/mol. The maximum Gasteiger partial charge on any atom is 0.433 e. The summed E-state index contributed by atoms with van der Waals surface area (Å²) < 4.78 is 76.0. The van der Waals surface area contributed by atoms with Gasteiger partial charge in [0.2, 0.25) is 0 Å². The van der Waals surface area contributed by atoms with Gasteiger partial charge in [0.25, 0.3) is 0 Å². The van der Waals surface area contributed by atoms with Crippen molar-refractivity contribution in [1.29, 1.82) is 0 Å². The Morgan fingerprint density at radius 2 is 1.58 bits per heavy atom. The second-order valence-corrected chi connectivity index (χ2v) is 4.02. The van der Waals surface area contributed by atoms with E-state index in [1.807, 2.05) is 0 Å². The average molecular weight is 279 g/mol. The zero-order chi connectivity index (χ0) is 14.4. The van der Waals surface area contributed by atoms with E-state index in [1.54, 1.807) is 0 Å². The first-order chi connectivity index (χ1) is 8.60. The Kier molecular flexibility index (Phi) is 2.95. The third kappa shape index (κ3) is 2.50. The molecule has 0 saturated carbocycles. The lowest BCUT2D eigenvalue weighted by Crippen LogP contribution is -2.12. The van der Waals surface area contributed by atoms with Crippen molar-refractivity contribution < 1.29 is 26.3 Å². The van der Waals surface area contributed by atoms with Gasteiger partial charge in [0.05, 0.1) is 11.1 Å². The van der Waals surface area contributed by atoms with Gasteiger partial charge in [-0.3, -0.25) is 0 Å². The Hall–Kier alpha value is -1.79. The second-order valence-electron chi connectivity index (χ2n) is 4.02. The first-order valence-corrected chi connectivity index (χ1v) is 5.15. The van der Waals surface area contributed by atoms with Crippen molar-refractivity contribution in [2.45, 2.75) is 19.3 Å². The molecule has 102 valence electrons. The summed E-state index contributed by atoms with van der Waals surface area (Å²) in [7, 11) is 0. The molecule has 2 rings (SSSR count). The predicted octanol–water partition coefficient (Wildman–Crippen LogP) is 4.58. The molecule has 0 spiro atoms. The highest BCUT2D eigenvalue weighted by Gasteiger charge is 2.36. The van der Waals surface area contributed by atoms with E-state index in [4.69, 9.17) is 0 Å². The van der Waals surface area contributed by atoms with Crippen LogP contribution in [0.1, 0.15) is 16.8 Å². The van der Waals surface area contributed by atoms with Crippen LogP contribution < -0.4 is 0 Å². The van der Waals surface area contributed by atoms with E-state index in [0.717, 1.165) is 18.2 Å². The number of benzene rings is 1. The summed E-state index contributed by atoms with van der Waals surface area (Å²) in [6.07, 6.45) is -9.53. The fourth-order valence-electron chi connectivity index (χ4n) is 1.79. The highest BCUT2D eigenvalue weighted by atomic mass is 19.4. The Bertz CT molecular complexity index is 626. The smallest absolute Gasteiger partial charge is 0.243 e. The van der Waals surface area contributed by atoms with E-state index in [9.17, 15) is 26.3 Å². The fourth-order valence-corrected chi connectivity index (χ4v) is 1.79. The van der Waals surface area contributed by atoms with E-state index in [1.165, 1.54) is 13.0 Å². The highest BCUT2D eigenvalue weighted by Crippen LogP contribution is 2.37. The number of aromatic nitrogens is 1. The number of aryl methyl sites for hydroxylation is 1. The molecule has 1 aromatic carbocycles. The second kappa shape index (κ2) is 4.11. The lowest BCUT2D eigenvalue weighted by molar-refractivity contribution is -0.142. The topological polar surface area (TPSA) is 12.9 Å². The van der Waals surface area contributed by atoms with Gasteiger partial charge >= 0.3 is 12.4 Å². The van der Waals surface area contributed by atoms with Gasteiger partial charge in [-0.25, -0.2) is 4.98 Å². The maximum absolute atomic E-state index is 12.8. The highest BCUT2D eigenvalue weighted by molar-refractivity contribution is 5.85. The number of rotatable bonds is 0. The molecule has 1 heterocycles. The van der Waals surface area contributed by atoms with Crippen LogP contribution in [0.3, 0.4) is 0 Å². The molecule has 1 nitrogen and oxygen atoms in total. The molecule has 0 amide bonds. The molecule has 0 radical (unpaired) electrons. The van der Waals surface area contributed by atoms with Crippen molar-refractivity contribution in [3.63, 3.8) is 0 Å². The SMILES string of the molecule is Cc1cc(C(F)(F)F)nc2c(C(F)(F)F)cccc12. The molecule has 0 unspecified atom stereocenters. The summed E-state index contributed by atoms with van der Waals surface area (Å²) in [4.78, 5) is 3.13. The molecule has 7 heteroatoms. The average Bonchev–Trinajstić information content (AvgIpc) is 2.25. The van der Waals surface area contributed by atoms with Gasteiger partial charge < -0.3 is 0 Å². The van der Waals surface area contributed by atoms with Gasteiger partial charge in [-0.15, -0.1) is 0 Å². The van der Waals surface area contributed by atoms with Gasteiger partial charge in [-0.05, 0) is 24.6 Å². The van der Waals surface area contributed by atoms with Gasteiger partial charge in [0.1, 0.15) is 5.69 Å². The minimum absolute atomic E-state index is 0.0582. The molecule has 0 aliphatic rings. The Labute approximate surface area is 103 Å². The third-order valence-corrected chi connectivity index (χ3v) is 2.64. The lowest BCUT2D eigenvalue weighted by atomic mass is 10.0. The van der Waals surface area contributed by atoms with Crippen molar-refractivity contribution in [1.82, 2.24) is 4.98 Å². The molecule has 0 N–H and O–H groups in total. The van der Waals surface area contributed by atoms with Crippen LogP contribution in [-0.2, 0) is 12.4 Å². The number of hydrogen-bond donors (Lipinski definition) is 0. The zero-order valence-electron chi connectivity index (χ0n) is 9.52. The van der Waals surface area contributed by atoms with Crippen LogP contribution in [-0.4, -0.2) is 4.98 Å². The molecule has 0 aliphatic carbocycles. The summed E-state index contributed by atoms with van der Waals surface area (Å²) in [6, 6.07) is 3.91. The number of halogens is 6. The van der Waals surface area contributed by atoms with Crippen LogP contribution in [0.25, 0.3) is 10.9 Å². The number of alkyl halides is 6. The van der Waals surface area contributed by atoms with Crippen molar-refractivity contribution in [2.24, 2.45) is 0 Å². The van der Waals surface area contributed by atoms with Gasteiger partial charge in [0.15, 0.2) is 0 Å². The first kappa shape index (κ1) is 13.6. The lowest BCUT2D eigenvalue weighted by Gasteiger charge is -2.13. The van der Waals surface area contributed by atoms with E-state index in [2.05, 4.69) is 4.98 Å². The van der Waals surface area contributed by atoms with Crippen LogP contribution in [0, 0.1) is 6.92 Å². The minimum atomic E-state index is -4.78. The number of para-hydroxylation sites is 1. The first-order valence-electron chi connectivity index (χ1n) is 5.15. The Morgan fingerprint density at radius 3 is 2.11 bits per heavy atom. The molecule has 0 atom stereocenters. The van der Waals surface area contributed by atoms with Crippen molar-refractivity contribution in [2.75, 3.05) is 0 Å². The summed E-state index contributed by atoms with van der Waals surface area (Å²) in [5.41, 5.74) is -3.07. The molecule has 1 aromatic heterocycles. The van der Waals surface area contributed by atoms with Crippen LogP contribution in [0.15, 0.2) is 24.3 Å². The summed E-state index contributed by atoms with van der Waals surface area (Å²) in [5.74, 6) is 0. The van der Waals surface area contributed by atoms with E-state index >= 15 is 0 Å². The number of fused-ring (bicyclic) bond motifs is 1. The van der Waals surface area contributed by atoms with Crippen LogP contribution >= 0.6 is 0 Å². The van der Waals surface area contributed by atoms with Crippen LogP contribution in [0.4, 0.5) is 26.3 Å². The Balaban J connectivity index is 2.84. The zero-order valence-corrected chi connectivity index (χ0v) is 9.52. The quantitative estimate of drug-likeness (QED) is 0.643. The molecule has 0 aliphatic heterocycles. The van der Waals surface area contributed by atoms with E-state index in [-0.39, 0.29) is 10.9 Å². The molecule has 0 bridgehead atoms. The van der Waals surface area contributed by atoms with Crippen molar-refractivity contribution in [3.05, 3.63) is 41.1 Å². The summed E-state index contributed by atoms with van der Waals surface area (Å²) >= 11 is 0. The molecular weight excluding hydrogens is 272 g/mol. The number of nitrogens with zero attached hydrogens (tertiary/aromatic N) is 1. The van der Waals surface area contributed by atoms with Crippen LogP contribution in [0.2, 0.25) is 0 Å². The third-order valence-electron chi connectivity index (χ3n) is 2.64.